The van der Waals surface area contributed by atoms with Gasteiger partial charge in [-0.25, -0.2) is 0 Å². The fourth-order valence-electron chi connectivity index (χ4n) is 1.59. The Labute approximate surface area is 111 Å². The summed E-state index contributed by atoms with van der Waals surface area (Å²) in [4.78, 5) is 0. The molecular formula is C13H20BrNO2. The van der Waals surface area contributed by atoms with Gasteiger partial charge in [-0.05, 0) is 43.5 Å². The van der Waals surface area contributed by atoms with Crippen molar-refractivity contribution in [2.24, 2.45) is 5.92 Å². The maximum atomic E-state index is 9.62. The number of hydrogen-bond donors (Lipinski definition) is 3. The normalized spacial score (nSPS) is 12.6. The Morgan fingerprint density at radius 3 is 2.88 bits per heavy atom. The van der Waals surface area contributed by atoms with Crippen LogP contribution in [-0.2, 0) is 6.54 Å². The lowest BCUT2D eigenvalue weighted by molar-refractivity contribution is 0.228. The first-order valence-electron chi connectivity index (χ1n) is 5.92. The zero-order valence-electron chi connectivity index (χ0n) is 10.1. The largest absolute Gasteiger partial charge is 0.508 e. The van der Waals surface area contributed by atoms with Crippen LogP contribution >= 0.6 is 15.9 Å². The molecular weight excluding hydrogens is 282 g/mol. The molecule has 0 radical (unpaired) electrons. The highest BCUT2D eigenvalue weighted by Gasteiger charge is 2.02. The number of phenols is 1. The number of halogens is 1. The molecule has 1 unspecified atom stereocenters. The third-order valence-electron chi connectivity index (χ3n) is 2.72. The van der Waals surface area contributed by atoms with E-state index < -0.39 is 0 Å². The van der Waals surface area contributed by atoms with E-state index in [1.165, 1.54) is 0 Å². The minimum atomic E-state index is 0.256. The number of aliphatic hydroxyl groups is 1. The molecule has 0 heterocycles. The maximum absolute atomic E-state index is 9.62. The summed E-state index contributed by atoms with van der Waals surface area (Å²) >= 11 is 3.38. The second-order valence-electron chi connectivity index (χ2n) is 4.38. The summed E-state index contributed by atoms with van der Waals surface area (Å²) in [5.74, 6) is 0.695. The van der Waals surface area contributed by atoms with Crippen LogP contribution < -0.4 is 5.32 Å². The lowest BCUT2D eigenvalue weighted by atomic mass is 10.1. The Balaban J connectivity index is 2.24. The van der Waals surface area contributed by atoms with E-state index >= 15 is 0 Å². The molecule has 1 atom stereocenters. The molecule has 0 aliphatic rings. The molecule has 0 aromatic heterocycles. The fraction of sp³-hybridized carbons (Fsp3) is 0.538. The van der Waals surface area contributed by atoms with Crippen molar-refractivity contribution in [3.05, 3.63) is 28.2 Å². The summed E-state index contributed by atoms with van der Waals surface area (Å²) in [6, 6.07) is 5.43. The Bertz CT molecular complexity index is 344. The van der Waals surface area contributed by atoms with Crippen LogP contribution in [0, 0.1) is 5.92 Å². The smallest absolute Gasteiger partial charge is 0.120 e. The van der Waals surface area contributed by atoms with Crippen LogP contribution in [0.2, 0.25) is 0 Å². The van der Waals surface area contributed by atoms with E-state index in [1.54, 1.807) is 6.07 Å². The van der Waals surface area contributed by atoms with Crippen LogP contribution in [0.15, 0.2) is 22.7 Å². The van der Waals surface area contributed by atoms with Gasteiger partial charge in [0.2, 0.25) is 0 Å². The van der Waals surface area contributed by atoms with E-state index in [2.05, 4.69) is 21.2 Å². The molecule has 0 bridgehead atoms. The van der Waals surface area contributed by atoms with Gasteiger partial charge in [0.05, 0.1) is 0 Å². The number of rotatable bonds is 7. The monoisotopic (exact) mass is 301 g/mol. The molecule has 0 amide bonds. The van der Waals surface area contributed by atoms with Crippen molar-refractivity contribution in [3.8, 4) is 5.75 Å². The van der Waals surface area contributed by atoms with Gasteiger partial charge in [0.15, 0.2) is 0 Å². The van der Waals surface area contributed by atoms with Crippen molar-refractivity contribution < 1.29 is 10.2 Å². The van der Waals surface area contributed by atoms with Gasteiger partial charge in [-0.2, -0.15) is 0 Å². The second-order valence-corrected chi connectivity index (χ2v) is 5.30. The summed E-state index contributed by atoms with van der Waals surface area (Å²) in [6.07, 6.45) is 2.06. The van der Waals surface area contributed by atoms with E-state index in [0.29, 0.717) is 18.2 Å². The first-order valence-corrected chi connectivity index (χ1v) is 6.71. The number of benzene rings is 1. The van der Waals surface area contributed by atoms with E-state index in [9.17, 15) is 5.11 Å². The van der Waals surface area contributed by atoms with Crippen LogP contribution in [0.25, 0.3) is 0 Å². The molecule has 0 fully saturated rings. The number of phenolic OH excluding ortho intramolecular Hbond substituents is 1. The summed E-state index contributed by atoms with van der Waals surface area (Å²) in [6.45, 7) is 3.86. The molecule has 17 heavy (non-hydrogen) atoms. The number of nitrogens with one attached hydrogen (secondary N) is 1. The highest BCUT2D eigenvalue weighted by atomic mass is 79.9. The average Bonchev–Trinajstić information content (AvgIpc) is 2.32. The summed E-state index contributed by atoms with van der Waals surface area (Å²) in [5, 5.41) is 21.8. The minimum Gasteiger partial charge on any atom is -0.508 e. The molecule has 4 heteroatoms. The quantitative estimate of drug-likeness (QED) is 0.679. The topological polar surface area (TPSA) is 52.5 Å². The Kier molecular flexibility index (Phi) is 6.55. The van der Waals surface area contributed by atoms with Crippen molar-refractivity contribution in [2.75, 3.05) is 13.2 Å². The van der Waals surface area contributed by atoms with E-state index in [1.807, 2.05) is 19.1 Å². The van der Waals surface area contributed by atoms with Crippen LogP contribution in [0.3, 0.4) is 0 Å². The lowest BCUT2D eigenvalue weighted by Gasteiger charge is -2.09. The van der Waals surface area contributed by atoms with Crippen LogP contribution in [-0.4, -0.2) is 23.4 Å². The highest BCUT2D eigenvalue weighted by Crippen LogP contribution is 2.21. The van der Waals surface area contributed by atoms with E-state index in [0.717, 1.165) is 29.4 Å². The van der Waals surface area contributed by atoms with Gasteiger partial charge in [-0.15, -0.1) is 0 Å². The van der Waals surface area contributed by atoms with Crippen molar-refractivity contribution in [2.45, 2.75) is 26.3 Å². The van der Waals surface area contributed by atoms with Gasteiger partial charge < -0.3 is 15.5 Å². The van der Waals surface area contributed by atoms with Crippen molar-refractivity contribution in [1.82, 2.24) is 5.32 Å². The molecule has 1 rings (SSSR count). The van der Waals surface area contributed by atoms with Crippen LogP contribution in [0.4, 0.5) is 0 Å². The molecule has 3 nitrogen and oxygen atoms in total. The standard InChI is InChI=1S/C13H20BrNO2/c1-10(9-16)3-2-6-15-8-11-7-12(14)4-5-13(11)17/h4-5,7,10,15-17H,2-3,6,8-9H2,1H3. The molecule has 96 valence electrons. The van der Waals surface area contributed by atoms with Crippen LogP contribution in [0.1, 0.15) is 25.3 Å². The first-order chi connectivity index (χ1) is 8.13. The maximum Gasteiger partial charge on any atom is 0.120 e. The van der Waals surface area contributed by atoms with Crippen molar-refractivity contribution in [3.63, 3.8) is 0 Å². The van der Waals surface area contributed by atoms with E-state index in [4.69, 9.17) is 5.11 Å². The molecule has 0 saturated heterocycles. The average molecular weight is 302 g/mol. The van der Waals surface area contributed by atoms with Gasteiger partial charge in [-0.1, -0.05) is 22.9 Å². The van der Waals surface area contributed by atoms with Gasteiger partial charge in [0.1, 0.15) is 5.75 Å². The molecule has 0 saturated carbocycles. The highest BCUT2D eigenvalue weighted by molar-refractivity contribution is 9.10. The molecule has 3 N–H and O–H groups in total. The third kappa shape index (κ3) is 5.52. The number of hydrogen-bond acceptors (Lipinski definition) is 3. The zero-order valence-corrected chi connectivity index (χ0v) is 11.7. The molecule has 1 aromatic carbocycles. The summed E-state index contributed by atoms with van der Waals surface area (Å²) in [5.41, 5.74) is 0.898. The molecule has 1 aromatic rings. The third-order valence-corrected chi connectivity index (χ3v) is 3.21. The minimum absolute atomic E-state index is 0.256. The predicted molar refractivity (Wildman–Crippen MR) is 73.0 cm³/mol. The van der Waals surface area contributed by atoms with Gasteiger partial charge in [-0.3, -0.25) is 0 Å². The Morgan fingerprint density at radius 2 is 2.18 bits per heavy atom. The van der Waals surface area contributed by atoms with Crippen molar-refractivity contribution in [1.29, 1.82) is 0 Å². The summed E-state index contributed by atoms with van der Waals surface area (Å²) < 4.78 is 0.973. The predicted octanol–water partition coefficient (Wildman–Crippen LogP) is 2.65. The fourth-order valence-corrected chi connectivity index (χ4v) is 1.99. The lowest BCUT2D eigenvalue weighted by Crippen LogP contribution is -2.16. The Morgan fingerprint density at radius 1 is 1.41 bits per heavy atom. The van der Waals surface area contributed by atoms with Crippen LogP contribution in [0.5, 0.6) is 5.75 Å². The van der Waals surface area contributed by atoms with Crippen molar-refractivity contribution >= 4 is 15.9 Å². The molecule has 0 aliphatic carbocycles. The van der Waals surface area contributed by atoms with E-state index in [-0.39, 0.29) is 6.61 Å². The summed E-state index contributed by atoms with van der Waals surface area (Å²) in [7, 11) is 0. The van der Waals surface area contributed by atoms with Gasteiger partial charge >= 0.3 is 0 Å². The first kappa shape index (κ1) is 14.5. The second kappa shape index (κ2) is 7.69. The molecule has 0 aliphatic heterocycles. The number of aromatic hydroxyl groups is 1. The molecule has 0 spiro atoms. The SMILES string of the molecule is CC(CO)CCCNCc1cc(Br)ccc1O. The number of aliphatic hydroxyl groups excluding tert-OH is 1. The van der Waals surface area contributed by atoms with Gasteiger partial charge in [0.25, 0.3) is 0 Å². The van der Waals surface area contributed by atoms with Gasteiger partial charge in [0, 0.05) is 23.2 Å². The Hall–Kier alpha value is -0.580. The zero-order chi connectivity index (χ0) is 12.7.